The minimum absolute atomic E-state index is 0.0411. The second-order valence-corrected chi connectivity index (χ2v) is 7.43. The maximum absolute atomic E-state index is 12.4. The number of nitro benzene ring substituents is 1. The van der Waals surface area contributed by atoms with Gasteiger partial charge in [0.2, 0.25) is 10.0 Å². The molecule has 1 aliphatic heterocycles. The van der Waals surface area contributed by atoms with Crippen LogP contribution in [0.2, 0.25) is 0 Å². The lowest BCUT2D eigenvalue weighted by Crippen LogP contribution is -2.55. The zero-order valence-corrected chi connectivity index (χ0v) is 12.8. The minimum atomic E-state index is -3.41. The Morgan fingerprint density at radius 1 is 1.24 bits per heavy atom. The number of nitrogens with zero attached hydrogens (tertiary/aromatic N) is 2. The smallest absolute Gasteiger partial charge is 0.269 e. The molecule has 1 heterocycles. The summed E-state index contributed by atoms with van der Waals surface area (Å²) in [5.41, 5.74) is 0.514. The van der Waals surface area contributed by atoms with E-state index in [2.05, 4.69) is 5.32 Å². The van der Waals surface area contributed by atoms with Crippen LogP contribution in [0.4, 0.5) is 5.69 Å². The van der Waals surface area contributed by atoms with E-state index in [9.17, 15) is 18.5 Å². The summed E-state index contributed by atoms with van der Waals surface area (Å²) in [4.78, 5) is 10.1. The van der Waals surface area contributed by atoms with Crippen LogP contribution < -0.4 is 5.32 Å². The molecule has 0 aromatic heterocycles. The van der Waals surface area contributed by atoms with Gasteiger partial charge in [-0.25, -0.2) is 8.42 Å². The Labute approximate surface area is 124 Å². The molecular formula is C13H19N3O4S. The van der Waals surface area contributed by atoms with Gasteiger partial charge in [0.1, 0.15) is 0 Å². The van der Waals surface area contributed by atoms with Crippen LogP contribution in [0.15, 0.2) is 24.3 Å². The molecule has 1 aromatic carbocycles. The highest BCUT2D eigenvalue weighted by atomic mass is 32.2. The van der Waals surface area contributed by atoms with Gasteiger partial charge in [0.05, 0.1) is 10.7 Å². The highest BCUT2D eigenvalue weighted by Crippen LogP contribution is 2.17. The van der Waals surface area contributed by atoms with Crippen molar-refractivity contribution in [2.45, 2.75) is 31.7 Å². The number of benzene rings is 1. The van der Waals surface area contributed by atoms with Gasteiger partial charge in [0, 0.05) is 37.3 Å². The van der Waals surface area contributed by atoms with Crippen molar-refractivity contribution in [3.63, 3.8) is 0 Å². The molecule has 116 valence electrons. The van der Waals surface area contributed by atoms with Gasteiger partial charge < -0.3 is 5.32 Å². The third-order valence-electron chi connectivity index (χ3n) is 3.41. The Balaban J connectivity index is 2.11. The van der Waals surface area contributed by atoms with Crippen molar-refractivity contribution in [3.8, 4) is 0 Å². The number of nitrogens with one attached hydrogen (secondary N) is 1. The summed E-state index contributed by atoms with van der Waals surface area (Å²) in [6.45, 7) is 4.79. The third-order valence-corrected chi connectivity index (χ3v) is 5.20. The fraction of sp³-hybridized carbons (Fsp3) is 0.538. The number of hydrogen-bond donors (Lipinski definition) is 1. The number of nitro groups is 1. The van der Waals surface area contributed by atoms with Gasteiger partial charge in [0.15, 0.2) is 0 Å². The summed E-state index contributed by atoms with van der Waals surface area (Å²) < 4.78 is 26.3. The maximum atomic E-state index is 12.4. The first-order valence-electron chi connectivity index (χ1n) is 6.75. The molecule has 1 saturated heterocycles. The molecule has 0 bridgehead atoms. The van der Waals surface area contributed by atoms with E-state index in [0.29, 0.717) is 18.7 Å². The molecule has 7 nitrogen and oxygen atoms in total. The summed E-state index contributed by atoms with van der Waals surface area (Å²) in [5, 5.41) is 13.9. The van der Waals surface area contributed by atoms with Crippen LogP contribution in [0, 0.1) is 10.1 Å². The number of sulfonamides is 1. The van der Waals surface area contributed by atoms with E-state index in [1.165, 1.54) is 28.6 Å². The van der Waals surface area contributed by atoms with E-state index in [1.54, 1.807) is 0 Å². The van der Waals surface area contributed by atoms with Gasteiger partial charge in [-0.05, 0) is 19.4 Å². The van der Waals surface area contributed by atoms with Crippen LogP contribution in [0.3, 0.4) is 0 Å². The summed E-state index contributed by atoms with van der Waals surface area (Å²) in [7, 11) is -3.41. The van der Waals surface area contributed by atoms with Crippen LogP contribution >= 0.6 is 0 Å². The van der Waals surface area contributed by atoms with Crippen molar-refractivity contribution in [2.24, 2.45) is 0 Å². The van der Waals surface area contributed by atoms with Crippen molar-refractivity contribution in [1.29, 1.82) is 0 Å². The van der Waals surface area contributed by atoms with Crippen LogP contribution in [0.1, 0.15) is 19.4 Å². The first kappa shape index (κ1) is 15.9. The normalized spacial score (nSPS) is 23.9. The van der Waals surface area contributed by atoms with Crippen molar-refractivity contribution in [3.05, 3.63) is 39.9 Å². The van der Waals surface area contributed by atoms with Crippen LogP contribution in [-0.2, 0) is 15.8 Å². The summed E-state index contributed by atoms with van der Waals surface area (Å²) in [6, 6.07) is 5.86. The number of piperazine rings is 1. The maximum Gasteiger partial charge on any atom is 0.269 e. The standard InChI is InChI=1S/C13H19N3O4S/c1-10-7-15(8-11(2)14-10)21(19,20)9-12-3-5-13(6-4-12)16(17)18/h3-6,10-11,14H,7-9H2,1-2H3/t10-,11?/m0/s1. The van der Waals surface area contributed by atoms with E-state index < -0.39 is 14.9 Å². The quantitative estimate of drug-likeness (QED) is 0.664. The average Bonchev–Trinajstić information content (AvgIpc) is 2.37. The fourth-order valence-corrected chi connectivity index (χ4v) is 4.22. The predicted octanol–water partition coefficient (Wildman–Crippen LogP) is 1.11. The molecule has 0 saturated carbocycles. The molecule has 2 rings (SSSR count). The summed E-state index contributed by atoms with van der Waals surface area (Å²) >= 11 is 0. The Bertz CT molecular complexity index is 605. The molecule has 1 fully saturated rings. The molecule has 21 heavy (non-hydrogen) atoms. The Morgan fingerprint density at radius 3 is 2.24 bits per heavy atom. The lowest BCUT2D eigenvalue weighted by atomic mass is 10.2. The van der Waals surface area contributed by atoms with E-state index in [0.717, 1.165) is 0 Å². The van der Waals surface area contributed by atoms with E-state index in [4.69, 9.17) is 0 Å². The minimum Gasteiger partial charge on any atom is -0.309 e. The van der Waals surface area contributed by atoms with Gasteiger partial charge in [0.25, 0.3) is 5.69 Å². The molecule has 0 aliphatic carbocycles. The van der Waals surface area contributed by atoms with Gasteiger partial charge in [-0.15, -0.1) is 0 Å². The fourth-order valence-electron chi connectivity index (χ4n) is 2.52. The average molecular weight is 313 g/mol. The summed E-state index contributed by atoms with van der Waals surface area (Å²) in [5.74, 6) is -0.134. The molecular weight excluding hydrogens is 294 g/mol. The first-order valence-corrected chi connectivity index (χ1v) is 8.36. The lowest BCUT2D eigenvalue weighted by molar-refractivity contribution is -0.384. The van der Waals surface area contributed by atoms with Gasteiger partial charge in [-0.2, -0.15) is 4.31 Å². The monoisotopic (exact) mass is 313 g/mol. The second-order valence-electron chi connectivity index (χ2n) is 5.47. The Hall–Kier alpha value is -1.51. The largest absolute Gasteiger partial charge is 0.309 e. The number of rotatable bonds is 4. The first-order chi connectivity index (χ1) is 9.78. The topological polar surface area (TPSA) is 92.5 Å². The Kier molecular flexibility index (Phi) is 4.60. The third kappa shape index (κ3) is 3.99. The van der Waals surface area contributed by atoms with Crippen LogP contribution in [0.5, 0.6) is 0 Å². The Morgan fingerprint density at radius 2 is 1.76 bits per heavy atom. The molecule has 0 amide bonds. The van der Waals surface area contributed by atoms with Crippen LogP contribution in [0.25, 0.3) is 0 Å². The van der Waals surface area contributed by atoms with E-state index in [1.807, 2.05) is 13.8 Å². The van der Waals surface area contributed by atoms with Crippen molar-refractivity contribution < 1.29 is 13.3 Å². The van der Waals surface area contributed by atoms with Crippen molar-refractivity contribution >= 4 is 15.7 Å². The van der Waals surface area contributed by atoms with E-state index in [-0.39, 0.29) is 23.5 Å². The molecule has 0 spiro atoms. The van der Waals surface area contributed by atoms with E-state index >= 15 is 0 Å². The molecule has 1 aromatic rings. The lowest BCUT2D eigenvalue weighted by Gasteiger charge is -2.35. The van der Waals surface area contributed by atoms with Crippen LogP contribution in [-0.4, -0.2) is 42.8 Å². The van der Waals surface area contributed by atoms with Gasteiger partial charge in [-0.1, -0.05) is 12.1 Å². The molecule has 1 aliphatic rings. The van der Waals surface area contributed by atoms with Gasteiger partial charge in [-0.3, -0.25) is 10.1 Å². The molecule has 2 atom stereocenters. The zero-order chi connectivity index (χ0) is 15.6. The molecule has 8 heteroatoms. The van der Waals surface area contributed by atoms with Crippen molar-refractivity contribution in [1.82, 2.24) is 9.62 Å². The molecule has 1 N–H and O–H groups in total. The summed E-state index contributed by atoms with van der Waals surface area (Å²) in [6.07, 6.45) is 0. The number of hydrogen-bond acceptors (Lipinski definition) is 5. The molecule has 1 unspecified atom stereocenters. The highest BCUT2D eigenvalue weighted by molar-refractivity contribution is 7.88. The predicted molar refractivity (Wildman–Crippen MR) is 79.4 cm³/mol. The SMILES string of the molecule is CC1CN(S(=O)(=O)Cc2ccc([N+](=O)[O-])cc2)C[C@H](C)N1. The molecule has 0 radical (unpaired) electrons. The highest BCUT2D eigenvalue weighted by Gasteiger charge is 2.30. The zero-order valence-electron chi connectivity index (χ0n) is 12.0. The number of non-ortho nitro benzene ring substituents is 1. The van der Waals surface area contributed by atoms with Crippen molar-refractivity contribution in [2.75, 3.05) is 13.1 Å². The van der Waals surface area contributed by atoms with Gasteiger partial charge >= 0.3 is 0 Å². The second kappa shape index (κ2) is 6.08.